The minimum absolute atomic E-state index is 0.144. The molecule has 0 aliphatic rings. The van der Waals surface area contributed by atoms with Gasteiger partial charge in [0.1, 0.15) is 11.6 Å². The van der Waals surface area contributed by atoms with Crippen LogP contribution in [-0.4, -0.2) is 26.6 Å². The molecule has 18 heavy (non-hydrogen) atoms. The number of carbonyl (C=O) groups is 1. The molecule has 0 aromatic carbocycles. The van der Waals surface area contributed by atoms with Gasteiger partial charge in [0.15, 0.2) is 0 Å². The molecular weight excluding hydrogens is 230 g/mol. The Bertz CT molecular complexity index is 430. The lowest BCUT2D eigenvalue weighted by Crippen LogP contribution is -2.32. The van der Waals surface area contributed by atoms with Crippen LogP contribution >= 0.6 is 0 Å². The fourth-order valence-electron chi connectivity index (χ4n) is 1.70. The summed E-state index contributed by atoms with van der Waals surface area (Å²) in [5, 5.41) is 12.0. The maximum absolute atomic E-state index is 10.6. The molecule has 0 aliphatic heterocycles. The van der Waals surface area contributed by atoms with Gasteiger partial charge >= 0.3 is 5.97 Å². The predicted molar refractivity (Wildman–Crippen MR) is 70.7 cm³/mol. The van der Waals surface area contributed by atoms with Crippen molar-refractivity contribution in [3.8, 4) is 0 Å². The van der Waals surface area contributed by atoms with E-state index in [4.69, 9.17) is 5.11 Å². The summed E-state index contributed by atoms with van der Waals surface area (Å²) in [6.07, 6.45) is 1.55. The van der Waals surface area contributed by atoms with Crippen molar-refractivity contribution in [1.29, 1.82) is 0 Å². The van der Waals surface area contributed by atoms with Crippen LogP contribution in [0.15, 0.2) is 6.07 Å². The molecule has 0 spiro atoms. The molecular formula is C13H21N3O2. The van der Waals surface area contributed by atoms with Crippen molar-refractivity contribution in [2.75, 3.05) is 5.32 Å². The molecule has 100 valence electrons. The van der Waals surface area contributed by atoms with E-state index in [-0.39, 0.29) is 12.0 Å². The van der Waals surface area contributed by atoms with Crippen LogP contribution in [0.1, 0.15) is 45.1 Å². The van der Waals surface area contributed by atoms with Gasteiger partial charge in [0.05, 0.1) is 0 Å². The molecule has 1 heterocycles. The number of carboxylic acid groups (broad SMARTS) is 1. The second kappa shape index (κ2) is 5.80. The minimum Gasteiger partial charge on any atom is -0.481 e. The minimum atomic E-state index is -0.780. The quantitative estimate of drug-likeness (QED) is 0.812. The van der Waals surface area contributed by atoms with Gasteiger partial charge in [-0.05, 0) is 33.6 Å². The third-order valence-electron chi connectivity index (χ3n) is 2.68. The van der Waals surface area contributed by atoms with E-state index in [0.29, 0.717) is 6.42 Å². The molecule has 1 aromatic rings. The van der Waals surface area contributed by atoms with Crippen LogP contribution in [0, 0.1) is 6.92 Å². The number of aliphatic carboxylic acids is 1. The monoisotopic (exact) mass is 251 g/mol. The number of nitrogens with zero attached hydrogens (tertiary/aromatic N) is 2. The Morgan fingerprint density at radius 2 is 2.11 bits per heavy atom. The molecule has 5 heteroatoms. The lowest BCUT2D eigenvalue weighted by atomic mass is 9.98. The average molecular weight is 251 g/mol. The number of hydrogen-bond acceptors (Lipinski definition) is 4. The highest BCUT2D eigenvalue weighted by Gasteiger charge is 2.19. The van der Waals surface area contributed by atoms with Crippen LogP contribution in [0.5, 0.6) is 0 Å². The molecule has 2 N–H and O–H groups in total. The van der Waals surface area contributed by atoms with E-state index in [1.165, 1.54) is 0 Å². The Labute approximate surface area is 108 Å². The third kappa shape index (κ3) is 4.69. The second-order valence-corrected chi connectivity index (χ2v) is 5.05. The molecule has 0 radical (unpaired) electrons. The number of aromatic nitrogens is 2. The molecule has 0 saturated heterocycles. The first-order chi connectivity index (χ1) is 8.32. The van der Waals surface area contributed by atoms with Crippen LogP contribution in [-0.2, 0) is 11.2 Å². The van der Waals surface area contributed by atoms with E-state index >= 15 is 0 Å². The van der Waals surface area contributed by atoms with Crippen LogP contribution in [0.3, 0.4) is 0 Å². The molecule has 0 unspecified atom stereocenters. The fraction of sp³-hybridized carbons (Fsp3) is 0.615. The maximum Gasteiger partial charge on any atom is 0.303 e. The van der Waals surface area contributed by atoms with E-state index in [9.17, 15) is 4.79 Å². The Hall–Kier alpha value is -1.65. The van der Waals surface area contributed by atoms with E-state index in [1.807, 2.05) is 33.8 Å². The Morgan fingerprint density at radius 3 is 2.67 bits per heavy atom. The molecule has 0 bridgehead atoms. The molecule has 1 rings (SSSR count). The smallest absolute Gasteiger partial charge is 0.303 e. The molecule has 0 fully saturated rings. The summed E-state index contributed by atoms with van der Waals surface area (Å²) in [5.74, 6) is 0.707. The molecule has 5 nitrogen and oxygen atoms in total. The van der Waals surface area contributed by atoms with E-state index in [1.54, 1.807) is 0 Å². The first kappa shape index (κ1) is 14.4. The van der Waals surface area contributed by atoms with Gasteiger partial charge in [0, 0.05) is 23.7 Å². The molecule has 0 aliphatic carbocycles. The maximum atomic E-state index is 10.6. The first-order valence-electron chi connectivity index (χ1n) is 6.17. The number of rotatable bonds is 6. The number of carboxylic acids is 1. The highest BCUT2D eigenvalue weighted by Crippen LogP contribution is 2.19. The predicted octanol–water partition coefficient (Wildman–Crippen LogP) is 2.40. The zero-order chi connectivity index (χ0) is 13.8. The lowest BCUT2D eigenvalue weighted by Gasteiger charge is -2.26. The molecule has 0 saturated carbocycles. The SMILES string of the molecule is CCc1cc(NC(C)(C)CCC(=O)O)nc(C)n1. The molecule has 0 atom stereocenters. The number of hydrogen-bond donors (Lipinski definition) is 2. The second-order valence-electron chi connectivity index (χ2n) is 5.05. The van der Waals surface area contributed by atoms with Gasteiger partial charge in [-0.25, -0.2) is 9.97 Å². The van der Waals surface area contributed by atoms with E-state index < -0.39 is 5.97 Å². The van der Waals surface area contributed by atoms with Crippen LogP contribution in [0.2, 0.25) is 0 Å². The van der Waals surface area contributed by atoms with Crippen molar-refractivity contribution < 1.29 is 9.90 Å². The van der Waals surface area contributed by atoms with Gasteiger partial charge in [-0.1, -0.05) is 6.92 Å². The van der Waals surface area contributed by atoms with Crippen molar-refractivity contribution in [3.05, 3.63) is 17.6 Å². The van der Waals surface area contributed by atoms with Gasteiger partial charge in [-0.2, -0.15) is 0 Å². The number of anilines is 1. The normalized spacial score (nSPS) is 11.3. The third-order valence-corrected chi connectivity index (χ3v) is 2.68. The van der Waals surface area contributed by atoms with Gasteiger partial charge in [-0.15, -0.1) is 0 Å². The molecule has 0 amide bonds. The van der Waals surface area contributed by atoms with Crippen LogP contribution < -0.4 is 5.32 Å². The number of aryl methyl sites for hydroxylation is 2. The Balaban J connectivity index is 2.76. The first-order valence-corrected chi connectivity index (χ1v) is 6.17. The number of nitrogens with one attached hydrogen (secondary N) is 1. The summed E-state index contributed by atoms with van der Waals surface area (Å²) >= 11 is 0. The lowest BCUT2D eigenvalue weighted by molar-refractivity contribution is -0.137. The standard InChI is InChI=1S/C13H21N3O2/c1-5-10-8-11(15-9(2)14-10)16-13(3,4)7-6-12(17)18/h8H,5-7H2,1-4H3,(H,17,18)(H,14,15,16). The summed E-state index contributed by atoms with van der Waals surface area (Å²) in [6.45, 7) is 7.84. The van der Waals surface area contributed by atoms with Gasteiger partial charge in [-0.3, -0.25) is 4.79 Å². The highest BCUT2D eigenvalue weighted by molar-refractivity contribution is 5.66. The van der Waals surface area contributed by atoms with Crippen molar-refractivity contribution in [2.45, 2.75) is 52.5 Å². The summed E-state index contributed by atoms with van der Waals surface area (Å²) < 4.78 is 0. The zero-order valence-corrected chi connectivity index (χ0v) is 11.4. The fourth-order valence-corrected chi connectivity index (χ4v) is 1.70. The zero-order valence-electron chi connectivity index (χ0n) is 11.4. The largest absolute Gasteiger partial charge is 0.481 e. The molecule has 1 aromatic heterocycles. The van der Waals surface area contributed by atoms with Gasteiger partial charge in [0.2, 0.25) is 0 Å². The summed E-state index contributed by atoms with van der Waals surface area (Å²) in [7, 11) is 0. The Morgan fingerprint density at radius 1 is 1.44 bits per heavy atom. The Kier molecular flexibility index (Phi) is 4.64. The van der Waals surface area contributed by atoms with Crippen molar-refractivity contribution in [1.82, 2.24) is 9.97 Å². The van der Waals surface area contributed by atoms with Gasteiger partial charge < -0.3 is 10.4 Å². The van der Waals surface area contributed by atoms with Crippen LogP contribution in [0.25, 0.3) is 0 Å². The van der Waals surface area contributed by atoms with Crippen molar-refractivity contribution >= 4 is 11.8 Å². The summed E-state index contributed by atoms with van der Waals surface area (Å²) in [6, 6.07) is 1.91. The topological polar surface area (TPSA) is 75.1 Å². The van der Waals surface area contributed by atoms with E-state index in [0.717, 1.165) is 23.8 Å². The summed E-state index contributed by atoms with van der Waals surface area (Å²) in [5.41, 5.74) is 0.684. The summed E-state index contributed by atoms with van der Waals surface area (Å²) in [4.78, 5) is 19.2. The highest BCUT2D eigenvalue weighted by atomic mass is 16.4. The van der Waals surface area contributed by atoms with E-state index in [2.05, 4.69) is 15.3 Å². The van der Waals surface area contributed by atoms with Crippen molar-refractivity contribution in [2.24, 2.45) is 0 Å². The van der Waals surface area contributed by atoms with Crippen molar-refractivity contribution in [3.63, 3.8) is 0 Å². The van der Waals surface area contributed by atoms with Gasteiger partial charge in [0.25, 0.3) is 0 Å². The van der Waals surface area contributed by atoms with Crippen LogP contribution in [0.4, 0.5) is 5.82 Å². The average Bonchev–Trinajstić information content (AvgIpc) is 2.25.